The van der Waals surface area contributed by atoms with E-state index >= 15 is 0 Å². The zero-order valence-electron chi connectivity index (χ0n) is 16.2. The maximum absolute atomic E-state index is 5.72. The van der Waals surface area contributed by atoms with E-state index in [0.717, 1.165) is 9.06 Å². The van der Waals surface area contributed by atoms with Gasteiger partial charge in [-0.2, -0.15) is 0 Å². The SMILES string of the molecule is CC(C)SC(=S)C(SC(C)C)=c1sc(=C(SC(C)C)C(=S)C(C)C)s1. The van der Waals surface area contributed by atoms with Gasteiger partial charge >= 0.3 is 0 Å². The summed E-state index contributed by atoms with van der Waals surface area (Å²) in [6.45, 7) is 17.7. The van der Waals surface area contributed by atoms with Gasteiger partial charge in [0.2, 0.25) is 0 Å². The molecule has 1 heterocycles. The molecule has 1 aromatic heterocycles. The molecule has 0 N–H and O–H groups in total. The molecule has 142 valence electrons. The van der Waals surface area contributed by atoms with E-state index in [4.69, 9.17) is 24.4 Å². The lowest BCUT2D eigenvalue weighted by molar-refractivity contribution is 0.909. The molecule has 7 heteroatoms. The smallest absolute Gasteiger partial charge is 0.0977 e. The fraction of sp³-hybridized carbons (Fsp3) is 0.667. The first-order valence-electron chi connectivity index (χ1n) is 8.45. The average Bonchev–Trinajstić information content (AvgIpc) is 2.40. The van der Waals surface area contributed by atoms with Crippen LogP contribution in [0.4, 0.5) is 0 Å². The number of thiocarbonyl (C=S) groups is 2. The molecule has 0 bridgehead atoms. The van der Waals surface area contributed by atoms with Crippen molar-refractivity contribution in [1.29, 1.82) is 0 Å². The average molecular weight is 469 g/mol. The summed E-state index contributed by atoms with van der Waals surface area (Å²) in [5.74, 6) is 0.403. The lowest BCUT2D eigenvalue weighted by Crippen LogP contribution is -2.21. The summed E-state index contributed by atoms with van der Waals surface area (Å²) in [7, 11) is 0. The predicted molar refractivity (Wildman–Crippen MR) is 136 cm³/mol. The summed E-state index contributed by atoms with van der Waals surface area (Å²) in [6.07, 6.45) is 0. The van der Waals surface area contributed by atoms with Gasteiger partial charge in [0.25, 0.3) is 0 Å². The molecule has 1 rings (SSSR count). The Kier molecular flexibility index (Phi) is 10.9. The Bertz CT molecular complexity index is 683. The molecular weight excluding hydrogens is 441 g/mol. The largest absolute Gasteiger partial charge is 0.120 e. The molecular formula is C18H28S7. The van der Waals surface area contributed by atoms with Gasteiger partial charge < -0.3 is 0 Å². The molecule has 0 spiro atoms. The topological polar surface area (TPSA) is 0 Å². The van der Waals surface area contributed by atoms with Crippen LogP contribution in [0, 0.1) is 5.92 Å². The van der Waals surface area contributed by atoms with Gasteiger partial charge in [0.05, 0.1) is 16.8 Å². The quantitative estimate of drug-likeness (QED) is 0.383. The Balaban J connectivity index is 3.38. The van der Waals surface area contributed by atoms with Gasteiger partial charge in [0.15, 0.2) is 0 Å². The van der Waals surface area contributed by atoms with Crippen molar-refractivity contribution in [2.45, 2.75) is 71.1 Å². The van der Waals surface area contributed by atoms with Crippen molar-refractivity contribution in [2.24, 2.45) is 5.92 Å². The second-order valence-corrected chi connectivity index (χ2v) is 15.2. The molecule has 0 fully saturated rings. The molecule has 25 heavy (non-hydrogen) atoms. The van der Waals surface area contributed by atoms with Crippen molar-refractivity contribution in [3.8, 4) is 0 Å². The van der Waals surface area contributed by atoms with Crippen molar-refractivity contribution in [3.05, 3.63) is 7.69 Å². The van der Waals surface area contributed by atoms with Crippen LogP contribution in [0.15, 0.2) is 0 Å². The number of hydrogen-bond acceptors (Lipinski definition) is 7. The third-order valence-electron chi connectivity index (χ3n) is 2.72. The normalized spacial score (nSPS) is 11.8. The van der Waals surface area contributed by atoms with E-state index in [1.54, 1.807) is 11.8 Å². The van der Waals surface area contributed by atoms with Crippen LogP contribution in [-0.2, 0) is 0 Å². The van der Waals surface area contributed by atoms with Crippen LogP contribution >= 0.6 is 82.4 Å². The summed E-state index contributed by atoms with van der Waals surface area (Å²) < 4.78 is 3.74. The summed E-state index contributed by atoms with van der Waals surface area (Å²) in [5.41, 5.74) is 0. The van der Waals surface area contributed by atoms with E-state index in [2.05, 4.69) is 55.4 Å². The molecule has 0 aromatic carbocycles. The van der Waals surface area contributed by atoms with Crippen molar-refractivity contribution in [3.63, 3.8) is 0 Å². The first-order valence-corrected chi connectivity index (χ1v) is 13.5. The Morgan fingerprint density at radius 2 is 1.08 bits per heavy atom. The molecule has 0 aliphatic carbocycles. The van der Waals surface area contributed by atoms with Crippen molar-refractivity contribution in [1.82, 2.24) is 0 Å². The molecule has 0 atom stereocenters. The van der Waals surface area contributed by atoms with Crippen molar-refractivity contribution in [2.75, 3.05) is 0 Å². The molecule has 0 radical (unpaired) electrons. The van der Waals surface area contributed by atoms with Gasteiger partial charge in [-0.25, -0.2) is 0 Å². The minimum absolute atomic E-state index is 0.403. The van der Waals surface area contributed by atoms with Crippen LogP contribution in [0.5, 0.6) is 0 Å². The standard InChI is InChI=1S/C18H28S7/c1-9(2)13(19)14(21-10(3)4)17-24-18(25-17)15(22-11(5)6)16(20)23-12(7)8/h9-12H,1-8H3. The highest BCUT2D eigenvalue weighted by Gasteiger charge is 2.18. The van der Waals surface area contributed by atoms with E-state index in [1.165, 1.54) is 17.5 Å². The molecule has 0 nitrogen and oxygen atoms in total. The van der Waals surface area contributed by atoms with Crippen LogP contribution in [-0.4, -0.2) is 24.8 Å². The second kappa shape index (κ2) is 11.2. The second-order valence-electron chi connectivity index (χ2n) is 6.74. The van der Waals surface area contributed by atoms with E-state index in [1.807, 2.05) is 46.2 Å². The predicted octanol–water partition coefficient (Wildman–Crippen LogP) is 6.80. The highest BCUT2D eigenvalue weighted by atomic mass is 32.2. The van der Waals surface area contributed by atoms with Crippen LogP contribution in [0.3, 0.4) is 0 Å². The Hall–Kier alpha value is 1.15. The minimum Gasteiger partial charge on any atom is -0.120 e. The minimum atomic E-state index is 0.403. The Labute approximate surface area is 184 Å². The van der Waals surface area contributed by atoms with Gasteiger partial charge in [-0.05, 0) is 5.92 Å². The van der Waals surface area contributed by atoms with E-state index < -0.39 is 0 Å². The molecule has 0 saturated carbocycles. The zero-order valence-corrected chi connectivity index (χ0v) is 21.9. The van der Waals surface area contributed by atoms with E-state index in [9.17, 15) is 0 Å². The zero-order chi connectivity index (χ0) is 19.3. The summed E-state index contributed by atoms with van der Waals surface area (Å²) in [6, 6.07) is 0. The highest BCUT2D eigenvalue weighted by molar-refractivity contribution is 8.28. The molecule has 0 saturated heterocycles. The Morgan fingerprint density at radius 1 is 0.680 bits per heavy atom. The van der Waals surface area contributed by atoms with Gasteiger partial charge in [-0.1, -0.05) is 79.8 Å². The Morgan fingerprint density at radius 3 is 1.48 bits per heavy atom. The lowest BCUT2D eigenvalue weighted by Gasteiger charge is -2.16. The first-order chi connectivity index (χ1) is 11.5. The molecule has 1 aromatic rings. The molecule has 0 aliphatic heterocycles. The highest BCUT2D eigenvalue weighted by Crippen LogP contribution is 2.32. The number of thioether (sulfide) groups is 3. The van der Waals surface area contributed by atoms with E-state index in [-0.39, 0.29) is 0 Å². The van der Waals surface area contributed by atoms with Gasteiger partial charge in [-0.15, -0.1) is 58.0 Å². The molecule has 0 unspecified atom stereocenters. The number of rotatable bonds is 8. The fourth-order valence-electron chi connectivity index (χ4n) is 1.75. The van der Waals surface area contributed by atoms with Gasteiger partial charge in [0.1, 0.15) is 0 Å². The van der Waals surface area contributed by atoms with Crippen molar-refractivity contribution >= 4 is 101 Å². The number of hydrogen-bond donors (Lipinski definition) is 0. The van der Waals surface area contributed by atoms with Crippen LogP contribution in [0.25, 0.3) is 9.81 Å². The van der Waals surface area contributed by atoms with E-state index in [0.29, 0.717) is 21.7 Å². The van der Waals surface area contributed by atoms with Gasteiger partial charge in [-0.3, -0.25) is 0 Å². The third kappa shape index (κ3) is 7.96. The van der Waals surface area contributed by atoms with Crippen LogP contribution in [0.1, 0.15) is 55.4 Å². The van der Waals surface area contributed by atoms with Crippen molar-refractivity contribution < 1.29 is 0 Å². The first kappa shape index (κ1) is 24.2. The maximum Gasteiger partial charge on any atom is 0.0977 e. The summed E-state index contributed by atoms with van der Waals surface area (Å²) in [4.78, 5) is 3.67. The molecule has 0 amide bonds. The summed E-state index contributed by atoms with van der Waals surface area (Å²) >= 11 is 20.8. The molecule has 0 aliphatic rings. The van der Waals surface area contributed by atoms with Crippen LogP contribution in [0.2, 0.25) is 0 Å². The fourth-order valence-corrected chi connectivity index (χ4v) is 8.69. The monoisotopic (exact) mass is 468 g/mol. The maximum atomic E-state index is 5.72. The van der Waals surface area contributed by atoms with Gasteiger partial charge in [0, 0.05) is 25.5 Å². The summed E-state index contributed by atoms with van der Waals surface area (Å²) in [5, 5.41) is 1.58. The lowest BCUT2D eigenvalue weighted by atomic mass is 10.1. The van der Waals surface area contributed by atoms with Crippen LogP contribution < -0.4 is 7.69 Å². The third-order valence-corrected chi connectivity index (χ3v) is 10.5.